The Morgan fingerprint density at radius 2 is 1.79 bits per heavy atom. The predicted molar refractivity (Wildman–Crippen MR) is 67.3 cm³/mol. The van der Waals surface area contributed by atoms with Crippen LogP contribution in [0.15, 0.2) is 36.4 Å². The van der Waals surface area contributed by atoms with Crippen molar-refractivity contribution in [3.63, 3.8) is 0 Å². The normalized spacial score (nSPS) is 10.3. The predicted octanol–water partition coefficient (Wildman–Crippen LogP) is 3.66. The van der Waals surface area contributed by atoms with Crippen LogP contribution in [-0.4, -0.2) is 6.29 Å². The Bertz CT molecular complexity index is 609. The van der Waals surface area contributed by atoms with Crippen molar-refractivity contribution in [3.8, 4) is 5.75 Å². The highest BCUT2D eigenvalue weighted by molar-refractivity contribution is 5.79. The van der Waals surface area contributed by atoms with Gasteiger partial charge in [-0.05, 0) is 48.4 Å². The molecule has 2 rings (SSSR count). The molecule has 2 aromatic carbocycles. The van der Waals surface area contributed by atoms with Crippen LogP contribution in [-0.2, 0) is 6.61 Å². The maximum Gasteiger partial charge on any atom is 0.153 e. The Morgan fingerprint density at radius 3 is 2.53 bits per heavy atom. The largest absolute Gasteiger partial charge is 0.488 e. The first-order valence-corrected chi connectivity index (χ1v) is 5.72. The minimum Gasteiger partial charge on any atom is -0.488 e. The van der Waals surface area contributed by atoms with Crippen molar-refractivity contribution in [1.82, 2.24) is 0 Å². The summed E-state index contributed by atoms with van der Waals surface area (Å²) in [6.07, 6.45) is 0.525. The van der Waals surface area contributed by atoms with E-state index in [1.165, 1.54) is 24.3 Å². The molecule has 0 amide bonds. The first-order valence-electron chi connectivity index (χ1n) is 5.72. The molecule has 0 aromatic heterocycles. The summed E-state index contributed by atoms with van der Waals surface area (Å²) in [5.41, 5.74) is 1.70. The minimum atomic E-state index is -0.503. The first-order chi connectivity index (χ1) is 9.10. The average Bonchev–Trinajstić information content (AvgIpc) is 2.40. The molecule has 4 heteroatoms. The van der Waals surface area contributed by atoms with E-state index in [4.69, 9.17) is 4.74 Å². The third kappa shape index (κ3) is 3.16. The van der Waals surface area contributed by atoms with Crippen LogP contribution >= 0.6 is 0 Å². The van der Waals surface area contributed by atoms with Gasteiger partial charge in [0.25, 0.3) is 0 Å². The molecule has 0 saturated heterocycles. The fraction of sp³-hybridized carbons (Fsp3) is 0.133. The second-order valence-electron chi connectivity index (χ2n) is 4.16. The van der Waals surface area contributed by atoms with Gasteiger partial charge >= 0.3 is 0 Å². The van der Waals surface area contributed by atoms with E-state index in [0.717, 1.165) is 11.6 Å². The van der Waals surface area contributed by atoms with Crippen LogP contribution in [0, 0.1) is 18.6 Å². The number of carbonyl (C=O) groups is 1. The average molecular weight is 262 g/mol. The number of rotatable bonds is 4. The molecule has 0 heterocycles. The lowest BCUT2D eigenvalue weighted by atomic mass is 10.1. The lowest BCUT2D eigenvalue weighted by molar-refractivity contribution is 0.111. The molecule has 0 spiro atoms. The molecule has 0 fully saturated rings. The van der Waals surface area contributed by atoms with Crippen LogP contribution < -0.4 is 4.74 Å². The smallest absolute Gasteiger partial charge is 0.153 e. The van der Waals surface area contributed by atoms with Crippen LogP contribution in [0.3, 0.4) is 0 Å². The van der Waals surface area contributed by atoms with E-state index < -0.39 is 5.82 Å². The van der Waals surface area contributed by atoms with Gasteiger partial charge in [0, 0.05) is 0 Å². The Balaban J connectivity index is 2.18. The van der Waals surface area contributed by atoms with Gasteiger partial charge in [-0.2, -0.15) is 0 Å². The molecule has 2 nitrogen and oxygen atoms in total. The molecule has 0 aliphatic heterocycles. The summed E-state index contributed by atoms with van der Waals surface area (Å²) in [5, 5.41) is 0. The molecule has 0 bridgehead atoms. The van der Waals surface area contributed by atoms with E-state index in [9.17, 15) is 13.6 Å². The van der Waals surface area contributed by atoms with Crippen molar-refractivity contribution in [2.75, 3.05) is 0 Å². The monoisotopic (exact) mass is 262 g/mol. The maximum atomic E-state index is 13.1. The van der Waals surface area contributed by atoms with Gasteiger partial charge in [0.05, 0.1) is 5.56 Å². The topological polar surface area (TPSA) is 26.3 Å². The van der Waals surface area contributed by atoms with E-state index in [2.05, 4.69) is 0 Å². The number of carbonyl (C=O) groups excluding carboxylic acids is 1. The fourth-order valence-electron chi connectivity index (χ4n) is 1.69. The van der Waals surface area contributed by atoms with Gasteiger partial charge in [0.2, 0.25) is 0 Å². The standard InChI is InChI=1S/C15H12F2O2/c1-10-2-3-13(16)7-12(10)9-19-15-5-4-14(17)6-11(15)8-18/h2-8H,9H2,1H3. The second-order valence-corrected chi connectivity index (χ2v) is 4.16. The van der Waals surface area contributed by atoms with E-state index in [1.54, 1.807) is 6.07 Å². The van der Waals surface area contributed by atoms with E-state index in [1.807, 2.05) is 6.92 Å². The Morgan fingerprint density at radius 1 is 1.11 bits per heavy atom. The Labute approximate surface area is 109 Å². The van der Waals surface area contributed by atoms with Gasteiger partial charge in [-0.15, -0.1) is 0 Å². The lowest BCUT2D eigenvalue weighted by Crippen LogP contribution is -2.01. The van der Waals surface area contributed by atoms with Crippen molar-refractivity contribution >= 4 is 6.29 Å². The highest BCUT2D eigenvalue weighted by Gasteiger charge is 2.06. The third-order valence-electron chi connectivity index (χ3n) is 2.79. The van der Waals surface area contributed by atoms with Crippen LogP contribution in [0.1, 0.15) is 21.5 Å². The number of benzene rings is 2. The van der Waals surface area contributed by atoms with Crippen molar-refractivity contribution in [2.45, 2.75) is 13.5 Å². The van der Waals surface area contributed by atoms with Gasteiger partial charge in [-0.3, -0.25) is 4.79 Å². The fourth-order valence-corrected chi connectivity index (χ4v) is 1.69. The SMILES string of the molecule is Cc1ccc(F)cc1COc1ccc(F)cc1C=O. The van der Waals surface area contributed by atoms with Crippen molar-refractivity contribution < 1.29 is 18.3 Å². The highest BCUT2D eigenvalue weighted by Crippen LogP contribution is 2.20. The molecule has 2 aromatic rings. The van der Waals surface area contributed by atoms with Crippen LogP contribution in [0.5, 0.6) is 5.75 Å². The molecular weight excluding hydrogens is 250 g/mol. The molecule has 0 unspecified atom stereocenters. The molecule has 0 atom stereocenters. The summed E-state index contributed by atoms with van der Waals surface area (Å²) in [4.78, 5) is 10.8. The third-order valence-corrected chi connectivity index (χ3v) is 2.79. The molecule has 0 N–H and O–H groups in total. The zero-order chi connectivity index (χ0) is 13.8. The zero-order valence-electron chi connectivity index (χ0n) is 10.3. The Kier molecular flexibility index (Phi) is 3.90. The quantitative estimate of drug-likeness (QED) is 0.786. The van der Waals surface area contributed by atoms with Gasteiger partial charge in [0.15, 0.2) is 6.29 Å². The molecule has 98 valence electrons. The van der Waals surface area contributed by atoms with Gasteiger partial charge in [-0.25, -0.2) is 8.78 Å². The molecule has 0 aliphatic rings. The minimum absolute atomic E-state index is 0.121. The summed E-state index contributed by atoms with van der Waals surface area (Å²) in [6.45, 7) is 1.96. The van der Waals surface area contributed by atoms with Crippen molar-refractivity contribution in [2.24, 2.45) is 0 Å². The lowest BCUT2D eigenvalue weighted by Gasteiger charge is -2.10. The van der Waals surface area contributed by atoms with E-state index in [-0.39, 0.29) is 23.7 Å². The zero-order valence-corrected chi connectivity index (χ0v) is 10.3. The number of aldehydes is 1. The summed E-state index contributed by atoms with van der Waals surface area (Å²) >= 11 is 0. The van der Waals surface area contributed by atoms with Gasteiger partial charge < -0.3 is 4.74 Å². The first kappa shape index (κ1) is 13.2. The summed E-state index contributed by atoms with van der Waals surface area (Å²) in [5.74, 6) is -0.574. The maximum absolute atomic E-state index is 13.1. The summed E-state index contributed by atoms with van der Waals surface area (Å²) in [6, 6.07) is 8.08. The molecule has 0 aliphatic carbocycles. The van der Waals surface area contributed by atoms with E-state index >= 15 is 0 Å². The van der Waals surface area contributed by atoms with Crippen LogP contribution in [0.4, 0.5) is 8.78 Å². The number of hydrogen-bond acceptors (Lipinski definition) is 2. The Hall–Kier alpha value is -2.23. The van der Waals surface area contributed by atoms with E-state index in [0.29, 0.717) is 11.8 Å². The summed E-state index contributed by atoms with van der Waals surface area (Å²) < 4.78 is 31.5. The molecule has 0 radical (unpaired) electrons. The van der Waals surface area contributed by atoms with Gasteiger partial charge in [-0.1, -0.05) is 6.07 Å². The van der Waals surface area contributed by atoms with Gasteiger partial charge in [0.1, 0.15) is 24.0 Å². The molecule has 0 saturated carbocycles. The van der Waals surface area contributed by atoms with Crippen molar-refractivity contribution in [1.29, 1.82) is 0 Å². The number of ether oxygens (including phenoxy) is 1. The van der Waals surface area contributed by atoms with Crippen molar-refractivity contribution in [3.05, 3.63) is 64.7 Å². The summed E-state index contributed by atoms with van der Waals surface area (Å²) in [7, 11) is 0. The molecular formula is C15H12F2O2. The van der Waals surface area contributed by atoms with Crippen LogP contribution in [0.2, 0.25) is 0 Å². The second kappa shape index (κ2) is 5.61. The number of hydrogen-bond donors (Lipinski definition) is 0. The van der Waals surface area contributed by atoms with Crippen LogP contribution in [0.25, 0.3) is 0 Å². The molecule has 19 heavy (non-hydrogen) atoms. The number of halogens is 2. The number of aryl methyl sites for hydroxylation is 1. The highest BCUT2D eigenvalue weighted by atomic mass is 19.1.